The van der Waals surface area contributed by atoms with Crippen molar-refractivity contribution < 1.29 is 9.18 Å². The van der Waals surface area contributed by atoms with Crippen LogP contribution in [0.25, 0.3) is 0 Å². The summed E-state index contributed by atoms with van der Waals surface area (Å²) in [6.07, 6.45) is 2.19. The van der Waals surface area contributed by atoms with E-state index in [0.29, 0.717) is 5.91 Å². The molecule has 0 saturated carbocycles. The molecular formula is C15H19FN2OS. The van der Waals surface area contributed by atoms with Gasteiger partial charge in [0.05, 0.1) is 5.25 Å². The lowest BCUT2D eigenvalue weighted by Gasteiger charge is -2.37. The Morgan fingerprint density at radius 1 is 1.15 bits per heavy atom. The van der Waals surface area contributed by atoms with Crippen molar-refractivity contribution in [2.75, 3.05) is 36.8 Å². The van der Waals surface area contributed by atoms with Crippen LogP contribution in [-0.4, -0.2) is 48.0 Å². The SMILES string of the molecule is O=C(C1CCCS1)N1CCN(c2ccc(F)cc2)CC1. The maximum absolute atomic E-state index is 12.9. The zero-order valence-electron chi connectivity index (χ0n) is 11.4. The Labute approximate surface area is 123 Å². The second kappa shape index (κ2) is 6.04. The number of halogens is 1. The number of rotatable bonds is 2. The number of benzene rings is 1. The number of carbonyl (C=O) groups is 1. The van der Waals surface area contributed by atoms with Crippen LogP contribution in [0.15, 0.2) is 24.3 Å². The molecule has 0 aromatic heterocycles. The summed E-state index contributed by atoms with van der Waals surface area (Å²) in [6.45, 7) is 3.20. The van der Waals surface area contributed by atoms with Crippen molar-refractivity contribution in [2.24, 2.45) is 0 Å². The van der Waals surface area contributed by atoms with Gasteiger partial charge in [-0.3, -0.25) is 4.79 Å². The van der Waals surface area contributed by atoms with Crippen LogP contribution < -0.4 is 4.90 Å². The lowest BCUT2D eigenvalue weighted by molar-refractivity contribution is -0.130. The molecule has 2 heterocycles. The van der Waals surface area contributed by atoms with Gasteiger partial charge < -0.3 is 9.80 Å². The zero-order chi connectivity index (χ0) is 13.9. The van der Waals surface area contributed by atoms with Crippen LogP contribution in [0.3, 0.4) is 0 Å². The van der Waals surface area contributed by atoms with Gasteiger partial charge in [0.25, 0.3) is 0 Å². The molecular weight excluding hydrogens is 275 g/mol. The van der Waals surface area contributed by atoms with Crippen molar-refractivity contribution >= 4 is 23.4 Å². The van der Waals surface area contributed by atoms with Crippen molar-refractivity contribution in [1.82, 2.24) is 4.90 Å². The Hall–Kier alpha value is -1.23. The highest BCUT2D eigenvalue weighted by Gasteiger charge is 2.29. The molecule has 2 saturated heterocycles. The number of piperazine rings is 1. The third-order valence-corrected chi connectivity index (χ3v) is 5.35. The van der Waals surface area contributed by atoms with E-state index in [2.05, 4.69) is 4.90 Å². The molecule has 1 atom stereocenters. The first kappa shape index (κ1) is 13.7. The van der Waals surface area contributed by atoms with Crippen molar-refractivity contribution in [3.05, 3.63) is 30.1 Å². The van der Waals surface area contributed by atoms with Crippen LogP contribution in [-0.2, 0) is 4.79 Å². The molecule has 1 amide bonds. The molecule has 0 aliphatic carbocycles. The van der Waals surface area contributed by atoms with Gasteiger partial charge in [-0.25, -0.2) is 4.39 Å². The molecule has 0 N–H and O–H groups in total. The highest BCUT2D eigenvalue weighted by Crippen LogP contribution is 2.28. The van der Waals surface area contributed by atoms with Crippen LogP contribution in [0.5, 0.6) is 0 Å². The minimum Gasteiger partial charge on any atom is -0.368 e. The van der Waals surface area contributed by atoms with Gasteiger partial charge in [0, 0.05) is 31.9 Å². The van der Waals surface area contributed by atoms with Crippen molar-refractivity contribution in [1.29, 1.82) is 0 Å². The standard InChI is InChI=1S/C15H19FN2OS/c16-12-3-5-13(6-4-12)17-7-9-18(10-8-17)15(19)14-2-1-11-20-14/h3-6,14H,1-2,7-11H2. The molecule has 0 radical (unpaired) electrons. The fourth-order valence-electron chi connectivity index (χ4n) is 2.81. The zero-order valence-corrected chi connectivity index (χ0v) is 12.2. The highest BCUT2D eigenvalue weighted by molar-refractivity contribution is 8.00. The summed E-state index contributed by atoms with van der Waals surface area (Å²) in [7, 11) is 0. The van der Waals surface area contributed by atoms with E-state index >= 15 is 0 Å². The highest BCUT2D eigenvalue weighted by atomic mass is 32.2. The third kappa shape index (κ3) is 2.92. The quantitative estimate of drug-likeness (QED) is 0.836. The van der Waals surface area contributed by atoms with Crippen molar-refractivity contribution in [3.8, 4) is 0 Å². The molecule has 3 nitrogen and oxygen atoms in total. The number of hydrogen-bond donors (Lipinski definition) is 0. The van der Waals surface area contributed by atoms with Gasteiger partial charge in [-0.2, -0.15) is 0 Å². The Morgan fingerprint density at radius 3 is 2.45 bits per heavy atom. The number of carbonyl (C=O) groups excluding carboxylic acids is 1. The maximum atomic E-state index is 12.9. The van der Waals surface area contributed by atoms with Gasteiger partial charge in [-0.1, -0.05) is 0 Å². The molecule has 2 aliphatic heterocycles. The van der Waals surface area contributed by atoms with E-state index in [4.69, 9.17) is 0 Å². The Morgan fingerprint density at radius 2 is 1.85 bits per heavy atom. The number of nitrogens with zero attached hydrogens (tertiary/aromatic N) is 2. The van der Waals surface area contributed by atoms with E-state index < -0.39 is 0 Å². The molecule has 1 aromatic rings. The fourth-order valence-corrected chi connectivity index (χ4v) is 4.06. The molecule has 1 aromatic carbocycles. The van der Waals surface area contributed by atoms with Gasteiger partial charge in [0.2, 0.25) is 5.91 Å². The van der Waals surface area contributed by atoms with E-state index in [0.717, 1.165) is 50.5 Å². The number of anilines is 1. The minimum atomic E-state index is -0.208. The van der Waals surface area contributed by atoms with Crippen LogP contribution >= 0.6 is 11.8 Å². The first-order valence-electron chi connectivity index (χ1n) is 7.15. The molecule has 2 fully saturated rings. The van der Waals surface area contributed by atoms with E-state index in [1.54, 1.807) is 23.9 Å². The lowest BCUT2D eigenvalue weighted by Crippen LogP contribution is -2.50. The molecule has 0 bridgehead atoms. The lowest BCUT2D eigenvalue weighted by atomic mass is 10.2. The second-order valence-electron chi connectivity index (χ2n) is 5.29. The van der Waals surface area contributed by atoms with E-state index in [9.17, 15) is 9.18 Å². The van der Waals surface area contributed by atoms with Crippen molar-refractivity contribution in [2.45, 2.75) is 18.1 Å². The largest absolute Gasteiger partial charge is 0.368 e. The second-order valence-corrected chi connectivity index (χ2v) is 6.60. The fraction of sp³-hybridized carbons (Fsp3) is 0.533. The Kier molecular flexibility index (Phi) is 4.15. The number of amides is 1. The molecule has 5 heteroatoms. The van der Waals surface area contributed by atoms with E-state index in [1.807, 2.05) is 4.90 Å². The van der Waals surface area contributed by atoms with Crippen LogP contribution in [0.1, 0.15) is 12.8 Å². The van der Waals surface area contributed by atoms with Gasteiger partial charge in [-0.15, -0.1) is 11.8 Å². The first-order valence-corrected chi connectivity index (χ1v) is 8.20. The molecule has 20 heavy (non-hydrogen) atoms. The average Bonchev–Trinajstić information content (AvgIpc) is 3.02. The van der Waals surface area contributed by atoms with Gasteiger partial charge >= 0.3 is 0 Å². The molecule has 3 rings (SSSR count). The number of hydrogen-bond acceptors (Lipinski definition) is 3. The predicted octanol–water partition coefficient (Wildman–Crippen LogP) is 2.37. The predicted molar refractivity (Wildman–Crippen MR) is 80.7 cm³/mol. The van der Waals surface area contributed by atoms with Crippen LogP contribution in [0, 0.1) is 5.82 Å². The Balaban J connectivity index is 1.56. The summed E-state index contributed by atoms with van der Waals surface area (Å²) in [5.74, 6) is 1.22. The number of thioether (sulfide) groups is 1. The van der Waals surface area contributed by atoms with E-state index in [-0.39, 0.29) is 11.1 Å². The third-order valence-electron chi connectivity index (χ3n) is 3.99. The molecule has 0 spiro atoms. The first-order chi connectivity index (χ1) is 9.74. The van der Waals surface area contributed by atoms with Crippen LogP contribution in [0.2, 0.25) is 0 Å². The van der Waals surface area contributed by atoms with Gasteiger partial charge in [0.15, 0.2) is 0 Å². The monoisotopic (exact) mass is 294 g/mol. The summed E-state index contributed by atoms with van der Waals surface area (Å²) in [4.78, 5) is 16.5. The minimum absolute atomic E-state index is 0.187. The normalized spacial score (nSPS) is 23.1. The average molecular weight is 294 g/mol. The summed E-state index contributed by atoms with van der Waals surface area (Å²) in [6, 6.07) is 6.59. The smallest absolute Gasteiger partial charge is 0.235 e. The van der Waals surface area contributed by atoms with Crippen molar-refractivity contribution in [3.63, 3.8) is 0 Å². The summed E-state index contributed by atoms with van der Waals surface area (Å²) < 4.78 is 12.9. The summed E-state index contributed by atoms with van der Waals surface area (Å²) in [5, 5.41) is 0.187. The topological polar surface area (TPSA) is 23.6 Å². The maximum Gasteiger partial charge on any atom is 0.235 e. The molecule has 108 valence electrons. The molecule has 2 aliphatic rings. The molecule has 1 unspecified atom stereocenters. The van der Waals surface area contributed by atoms with Gasteiger partial charge in [0.1, 0.15) is 5.82 Å². The van der Waals surface area contributed by atoms with Gasteiger partial charge in [-0.05, 0) is 42.9 Å². The van der Waals surface area contributed by atoms with E-state index in [1.165, 1.54) is 12.1 Å². The Bertz CT molecular complexity index is 465. The van der Waals surface area contributed by atoms with Crippen LogP contribution in [0.4, 0.5) is 10.1 Å². The summed E-state index contributed by atoms with van der Waals surface area (Å²) in [5.41, 5.74) is 1.04. The summed E-state index contributed by atoms with van der Waals surface area (Å²) >= 11 is 1.80.